The Hall–Kier alpha value is -2.78. The van der Waals surface area contributed by atoms with E-state index < -0.39 is 10.0 Å². The van der Waals surface area contributed by atoms with Crippen LogP contribution >= 0.6 is 0 Å². The second kappa shape index (κ2) is 8.39. The molecular formula is C22H27N5O3S. The second-order valence-electron chi connectivity index (χ2n) is 7.71. The molecule has 1 aliphatic heterocycles. The van der Waals surface area contributed by atoms with Crippen molar-refractivity contribution in [2.75, 3.05) is 19.6 Å². The molecule has 0 aliphatic carbocycles. The number of carbonyl (C=O) groups excluding carboxylic acids is 1. The van der Waals surface area contributed by atoms with Gasteiger partial charge in [0.1, 0.15) is 0 Å². The first kappa shape index (κ1) is 21.5. The molecule has 31 heavy (non-hydrogen) atoms. The molecule has 9 heteroatoms. The van der Waals surface area contributed by atoms with Crippen LogP contribution in [0, 0.1) is 6.92 Å². The van der Waals surface area contributed by atoms with Crippen LogP contribution in [0.5, 0.6) is 0 Å². The van der Waals surface area contributed by atoms with Gasteiger partial charge in [-0.15, -0.1) is 10.2 Å². The summed E-state index contributed by atoms with van der Waals surface area (Å²) in [6.45, 7) is 6.79. The molecule has 0 spiro atoms. The van der Waals surface area contributed by atoms with Crippen molar-refractivity contribution in [3.8, 4) is 0 Å². The van der Waals surface area contributed by atoms with E-state index in [4.69, 9.17) is 0 Å². The van der Waals surface area contributed by atoms with Gasteiger partial charge in [0.2, 0.25) is 10.0 Å². The summed E-state index contributed by atoms with van der Waals surface area (Å²) in [4.78, 5) is 15.5. The van der Waals surface area contributed by atoms with E-state index in [0.717, 1.165) is 29.9 Å². The first-order chi connectivity index (χ1) is 14.9. The SMILES string of the molecule is CCN(CC)S(=O)(=O)c1ccc(C)c(C(=O)N2CCC[C@@H]2c2nnc3ccccn23)c1. The highest BCUT2D eigenvalue weighted by molar-refractivity contribution is 7.89. The van der Waals surface area contributed by atoms with Gasteiger partial charge in [-0.2, -0.15) is 4.31 Å². The maximum atomic E-state index is 13.6. The largest absolute Gasteiger partial charge is 0.328 e. The van der Waals surface area contributed by atoms with Crippen molar-refractivity contribution in [3.05, 3.63) is 59.5 Å². The summed E-state index contributed by atoms with van der Waals surface area (Å²) in [6, 6.07) is 10.3. The molecule has 1 aromatic carbocycles. The molecule has 1 aliphatic rings. The smallest absolute Gasteiger partial charge is 0.254 e. The third kappa shape index (κ3) is 3.72. The van der Waals surface area contributed by atoms with Gasteiger partial charge in [-0.3, -0.25) is 9.20 Å². The molecule has 0 unspecified atom stereocenters. The number of amides is 1. The quantitative estimate of drug-likeness (QED) is 0.587. The topological polar surface area (TPSA) is 87.9 Å². The molecule has 1 amide bonds. The van der Waals surface area contributed by atoms with E-state index in [1.165, 1.54) is 10.4 Å². The lowest BCUT2D eigenvalue weighted by Crippen LogP contribution is -2.33. The molecule has 1 atom stereocenters. The van der Waals surface area contributed by atoms with Gasteiger partial charge in [0.25, 0.3) is 5.91 Å². The average molecular weight is 442 g/mol. The maximum Gasteiger partial charge on any atom is 0.254 e. The minimum atomic E-state index is -3.65. The van der Waals surface area contributed by atoms with E-state index in [1.807, 2.05) is 35.7 Å². The molecule has 4 rings (SSSR count). The van der Waals surface area contributed by atoms with Gasteiger partial charge in [-0.25, -0.2) is 8.42 Å². The summed E-state index contributed by atoms with van der Waals surface area (Å²) in [5.41, 5.74) is 1.90. The lowest BCUT2D eigenvalue weighted by Gasteiger charge is -2.25. The number of nitrogens with zero attached hydrogens (tertiary/aromatic N) is 5. The first-order valence-corrected chi connectivity index (χ1v) is 12.0. The molecule has 8 nitrogen and oxygen atoms in total. The zero-order valence-corrected chi connectivity index (χ0v) is 18.8. The predicted molar refractivity (Wildman–Crippen MR) is 117 cm³/mol. The molecule has 164 valence electrons. The molecule has 3 heterocycles. The maximum absolute atomic E-state index is 13.6. The minimum Gasteiger partial charge on any atom is -0.328 e. The Morgan fingerprint density at radius 3 is 2.68 bits per heavy atom. The number of rotatable bonds is 6. The van der Waals surface area contributed by atoms with Crippen molar-refractivity contribution in [2.45, 2.75) is 44.6 Å². The van der Waals surface area contributed by atoms with Crippen molar-refractivity contribution in [3.63, 3.8) is 0 Å². The Morgan fingerprint density at radius 2 is 1.94 bits per heavy atom. The van der Waals surface area contributed by atoms with Crippen molar-refractivity contribution in [2.24, 2.45) is 0 Å². The highest BCUT2D eigenvalue weighted by atomic mass is 32.2. The molecule has 3 aromatic rings. The van der Waals surface area contributed by atoms with Gasteiger partial charge in [0, 0.05) is 31.4 Å². The van der Waals surface area contributed by atoms with Crippen LogP contribution in [0.3, 0.4) is 0 Å². The highest BCUT2D eigenvalue weighted by Gasteiger charge is 2.35. The summed E-state index contributed by atoms with van der Waals surface area (Å²) in [5, 5.41) is 8.57. The Balaban J connectivity index is 1.70. The van der Waals surface area contributed by atoms with Crippen LogP contribution in [0.2, 0.25) is 0 Å². The zero-order valence-electron chi connectivity index (χ0n) is 18.0. The van der Waals surface area contributed by atoms with Crippen LogP contribution in [-0.4, -0.2) is 57.8 Å². The van der Waals surface area contributed by atoms with Crippen molar-refractivity contribution >= 4 is 21.6 Å². The highest BCUT2D eigenvalue weighted by Crippen LogP contribution is 2.33. The number of hydrogen-bond acceptors (Lipinski definition) is 5. The van der Waals surface area contributed by atoms with Crippen LogP contribution < -0.4 is 0 Å². The predicted octanol–water partition coefficient (Wildman–Crippen LogP) is 3.05. The van der Waals surface area contributed by atoms with Crippen molar-refractivity contribution in [1.29, 1.82) is 0 Å². The normalized spacial score (nSPS) is 17.0. The Labute approximate surface area is 182 Å². The van der Waals surface area contributed by atoms with E-state index >= 15 is 0 Å². The number of fused-ring (bicyclic) bond motifs is 1. The number of likely N-dealkylation sites (tertiary alicyclic amines) is 1. The van der Waals surface area contributed by atoms with Gasteiger partial charge >= 0.3 is 0 Å². The monoisotopic (exact) mass is 441 g/mol. The minimum absolute atomic E-state index is 0.147. The number of sulfonamides is 1. The van der Waals surface area contributed by atoms with Crippen LogP contribution in [0.4, 0.5) is 0 Å². The summed E-state index contributed by atoms with van der Waals surface area (Å²) in [7, 11) is -3.65. The van der Waals surface area contributed by atoms with Crippen LogP contribution in [0.25, 0.3) is 5.65 Å². The Morgan fingerprint density at radius 1 is 1.16 bits per heavy atom. The third-order valence-electron chi connectivity index (χ3n) is 5.93. The van der Waals surface area contributed by atoms with Gasteiger partial charge in [-0.05, 0) is 49.6 Å². The average Bonchev–Trinajstić information content (AvgIpc) is 3.41. The summed E-state index contributed by atoms with van der Waals surface area (Å²) in [5.74, 6) is 0.551. The summed E-state index contributed by atoms with van der Waals surface area (Å²) < 4.78 is 29.3. The van der Waals surface area contributed by atoms with Gasteiger partial charge in [0.05, 0.1) is 10.9 Å². The van der Waals surface area contributed by atoms with E-state index in [-0.39, 0.29) is 16.8 Å². The molecule has 2 aromatic heterocycles. The molecule has 1 fully saturated rings. The number of carbonyl (C=O) groups is 1. The molecule has 0 saturated carbocycles. The molecular weight excluding hydrogens is 414 g/mol. The van der Waals surface area contributed by atoms with E-state index in [1.54, 1.807) is 30.9 Å². The standard InChI is InChI=1S/C22H27N5O3S/c1-4-25(5-2)31(29,30)17-12-11-16(3)18(15-17)22(28)26-14-8-9-19(26)21-24-23-20-10-6-7-13-27(20)21/h6-7,10-13,15,19H,4-5,8-9,14H2,1-3H3/t19-/m1/s1. The fraction of sp³-hybridized carbons (Fsp3) is 0.409. The summed E-state index contributed by atoms with van der Waals surface area (Å²) >= 11 is 0. The van der Waals surface area contributed by atoms with Gasteiger partial charge < -0.3 is 4.90 Å². The van der Waals surface area contributed by atoms with Crippen LogP contribution in [-0.2, 0) is 10.0 Å². The fourth-order valence-electron chi connectivity index (χ4n) is 4.22. The molecule has 0 bridgehead atoms. The molecule has 0 radical (unpaired) electrons. The number of aromatic nitrogens is 3. The second-order valence-corrected chi connectivity index (χ2v) is 9.65. The third-order valence-corrected chi connectivity index (χ3v) is 7.98. The Kier molecular flexibility index (Phi) is 5.81. The van der Waals surface area contributed by atoms with Crippen LogP contribution in [0.15, 0.2) is 47.5 Å². The lowest BCUT2D eigenvalue weighted by atomic mass is 10.1. The van der Waals surface area contributed by atoms with Gasteiger partial charge in [-0.1, -0.05) is 26.0 Å². The van der Waals surface area contributed by atoms with E-state index in [2.05, 4.69) is 10.2 Å². The molecule has 0 N–H and O–H groups in total. The number of hydrogen-bond donors (Lipinski definition) is 0. The molecule has 1 saturated heterocycles. The lowest BCUT2D eigenvalue weighted by molar-refractivity contribution is 0.0728. The van der Waals surface area contributed by atoms with E-state index in [0.29, 0.717) is 25.2 Å². The van der Waals surface area contributed by atoms with E-state index in [9.17, 15) is 13.2 Å². The Bertz CT molecular complexity index is 1220. The summed E-state index contributed by atoms with van der Waals surface area (Å²) in [6.07, 6.45) is 3.54. The first-order valence-electron chi connectivity index (χ1n) is 10.6. The number of aryl methyl sites for hydroxylation is 1. The fourth-order valence-corrected chi connectivity index (χ4v) is 5.71. The van der Waals surface area contributed by atoms with Crippen molar-refractivity contribution < 1.29 is 13.2 Å². The van der Waals surface area contributed by atoms with Crippen molar-refractivity contribution in [1.82, 2.24) is 23.8 Å². The zero-order chi connectivity index (χ0) is 22.2. The van der Waals surface area contributed by atoms with Crippen LogP contribution in [0.1, 0.15) is 54.5 Å². The van der Waals surface area contributed by atoms with Gasteiger partial charge in [0.15, 0.2) is 11.5 Å². The number of pyridine rings is 1. The number of benzene rings is 1.